The molecule has 0 aliphatic heterocycles. The standard InChI is InChI=1S/C21H16O3/c1-23-14-7-9-16(20(12-14)24-2)15-8-6-13-4-3-5-18-19(22)11-10-17(15)21(13)18/h3-12H,1-2H3. The van der Waals surface area contributed by atoms with Gasteiger partial charge in [0.15, 0.2) is 5.78 Å². The van der Waals surface area contributed by atoms with E-state index in [0.29, 0.717) is 0 Å². The Morgan fingerprint density at radius 1 is 0.792 bits per heavy atom. The van der Waals surface area contributed by atoms with E-state index >= 15 is 0 Å². The Morgan fingerprint density at radius 3 is 2.42 bits per heavy atom. The smallest absolute Gasteiger partial charge is 0.186 e. The third kappa shape index (κ3) is 2.09. The lowest BCUT2D eigenvalue weighted by Crippen LogP contribution is -2.03. The van der Waals surface area contributed by atoms with Gasteiger partial charge in [-0.2, -0.15) is 0 Å². The zero-order valence-electron chi connectivity index (χ0n) is 13.5. The lowest BCUT2D eigenvalue weighted by Gasteiger charge is -2.18. The molecule has 0 bridgehead atoms. The van der Waals surface area contributed by atoms with Crippen molar-refractivity contribution in [2.75, 3.05) is 14.2 Å². The molecule has 0 atom stereocenters. The summed E-state index contributed by atoms with van der Waals surface area (Å²) in [4.78, 5) is 12.2. The van der Waals surface area contributed by atoms with E-state index in [1.165, 1.54) is 0 Å². The summed E-state index contributed by atoms with van der Waals surface area (Å²) in [5, 5.41) is 2.07. The quantitative estimate of drug-likeness (QED) is 0.700. The van der Waals surface area contributed by atoms with Crippen LogP contribution >= 0.6 is 0 Å². The first-order chi connectivity index (χ1) is 11.7. The molecule has 4 rings (SSSR count). The van der Waals surface area contributed by atoms with Gasteiger partial charge in [0.2, 0.25) is 0 Å². The fourth-order valence-electron chi connectivity index (χ4n) is 3.29. The van der Waals surface area contributed by atoms with E-state index in [1.807, 2.05) is 48.5 Å². The number of carbonyl (C=O) groups is 1. The van der Waals surface area contributed by atoms with E-state index in [0.717, 1.165) is 44.5 Å². The maximum absolute atomic E-state index is 12.2. The predicted octanol–water partition coefficient (Wildman–Crippen LogP) is 4.73. The van der Waals surface area contributed by atoms with E-state index in [4.69, 9.17) is 9.47 Å². The van der Waals surface area contributed by atoms with E-state index < -0.39 is 0 Å². The summed E-state index contributed by atoms with van der Waals surface area (Å²) in [5.74, 6) is 1.54. The first-order valence-electron chi connectivity index (χ1n) is 7.73. The first kappa shape index (κ1) is 14.5. The topological polar surface area (TPSA) is 35.5 Å². The van der Waals surface area contributed by atoms with Gasteiger partial charge < -0.3 is 9.47 Å². The molecule has 3 heteroatoms. The second-order valence-corrected chi connectivity index (χ2v) is 5.69. The third-order valence-electron chi connectivity index (χ3n) is 4.45. The van der Waals surface area contributed by atoms with E-state index in [1.54, 1.807) is 20.3 Å². The number of benzene rings is 3. The lowest BCUT2D eigenvalue weighted by atomic mass is 9.87. The van der Waals surface area contributed by atoms with Crippen molar-refractivity contribution in [2.24, 2.45) is 0 Å². The maximum Gasteiger partial charge on any atom is 0.186 e. The highest BCUT2D eigenvalue weighted by molar-refractivity contribution is 6.21. The van der Waals surface area contributed by atoms with Gasteiger partial charge in [0.25, 0.3) is 0 Å². The monoisotopic (exact) mass is 316 g/mol. The van der Waals surface area contributed by atoms with Gasteiger partial charge >= 0.3 is 0 Å². The van der Waals surface area contributed by atoms with Crippen LogP contribution in [0.25, 0.3) is 28.0 Å². The van der Waals surface area contributed by atoms with Crippen molar-refractivity contribution in [2.45, 2.75) is 0 Å². The number of ether oxygens (including phenoxy) is 2. The zero-order chi connectivity index (χ0) is 16.7. The number of hydrogen-bond donors (Lipinski definition) is 0. The SMILES string of the molecule is COc1ccc(-c2ccc3cccc4c3c2C=CC4=O)c(OC)c1. The van der Waals surface area contributed by atoms with Gasteiger partial charge in [-0.15, -0.1) is 0 Å². The summed E-state index contributed by atoms with van der Waals surface area (Å²) in [6.45, 7) is 0. The molecule has 0 heterocycles. The highest BCUT2D eigenvalue weighted by Gasteiger charge is 2.19. The van der Waals surface area contributed by atoms with Crippen LogP contribution in [-0.2, 0) is 0 Å². The predicted molar refractivity (Wildman–Crippen MR) is 95.9 cm³/mol. The van der Waals surface area contributed by atoms with Crippen molar-refractivity contribution in [3.63, 3.8) is 0 Å². The van der Waals surface area contributed by atoms with Crippen molar-refractivity contribution in [3.8, 4) is 22.6 Å². The minimum atomic E-state index is 0.0481. The number of methoxy groups -OCH3 is 2. The summed E-state index contributed by atoms with van der Waals surface area (Å²) in [7, 11) is 3.28. The van der Waals surface area contributed by atoms with Gasteiger partial charge in [0.1, 0.15) is 11.5 Å². The van der Waals surface area contributed by atoms with Gasteiger partial charge in [-0.05, 0) is 40.8 Å². The Bertz CT molecular complexity index is 999. The Labute approximate surface area is 140 Å². The largest absolute Gasteiger partial charge is 0.497 e. The lowest BCUT2D eigenvalue weighted by molar-refractivity contribution is 0.104. The molecule has 3 aromatic carbocycles. The van der Waals surface area contributed by atoms with Crippen molar-refractivity contribution < 1.29 is 14.3 Å². The summed E-state index contributed by atoms with van der Waals surface area (Å²) in [5.41, 5.74) is 3.81. The fraction of sp³-hybridized carbons (Fsp3) is 0.0952. The van der Waals surface area contributed by atoms with Crippen LogP contribution < -0.4 is 9.47 Å². The van der Waals surface area contributed by atoms with Crippen LogP contribution in [0.2, 0.25) is 0 Å². The number of rotatable bonds is 3. The molecule has 0 N–H and O–H groups in total. The molecule has 0 spiro atoms. The maximum atomic E-state index is 12.2. The summed E-state index contributed by atoms with van der Waals surface area (Å²) < 4.78 is 10.8. The van der Waals surface area contributed by atoms with Crippen molar-refractivity contribution in [3.05, 3.63) is 65.7 Å². The molecule has 0 radical (unpaired) electrons. The van der Waals surface area contributed by atoms with Crippen LogP contribution in [0.5, 0.6) is 11.5 Å². The van der Waals surface area contributed by atoms with Crippen LogP contribution in [0, 0.1) is 0 Å². The third-order valence-corrected chi connectivity index (χ3v) is 4.45. The van der Waals surface area contributed by atoms with Gasteiger partial charge in [0.05, 0.1) is 14.2 Å². The normalized spacial score (nSPS) is 12.5. The van der Waals surface area contributed by atoms with Gasteiger partial charge in [0, 0.05) is 22.6 Å². The number of ketones is 1. The highest BCUT2D eigenvalue weighted by Crippen LogP contribution is 2.40. The molecule has 0 amide bonds. The molecular weight excluding hydrogens is 300 g/mol. The van der Waals surface area contributed by atoms with E-state index in [-0.39, 0.29) is 5.78 Å². The second kappa shape index (κ2) is 5.53. The van der Waals surface area contributed by atoms with Crippen molar-refractivity contribution in [1.29, 1.82) is 0 Å². The fourth-order valence-corrected chi connectivity index (χ4v) is 3.29. The van der Waals surface area contributed by atoms with Gasteiger partial charge in [-0.3, -0.25) is 4.79 Å². The van der Waals surface area contributed by atoms with Crippen LogP contribution in [0.4, 0.5) is 0 Å². The Kier molecular flexibility index (Phi) is 3.35. The van der Waals surface area contributed by atoms with Crippen LogP contribution in [0.15, 0.2) is 54.6 Å². The molecule has 0 saturated carbocycles. The van der Waals surface area contributed by atoms with Crippen LogP contribution in [0.1, 0.15) is 15.9 Å². The number of hydrogen-bond acceptors (Lipinski definition) is 3. The molecule has 0 aromatic heterocycles. The summed E-state index contributed by atoms with van der Waals surface area (Å²) in [6.07, 6.45) is 3.53. The molecule has 1 aliphatic rings. The zero-order valence-corrected chi connectivity index (χ0v) is 13.5. The minimum absolute atomic E-state index is 0.0481. The first-order valence-corrected chi connectivity index (χ1v) is 7.73. The average Bonchev–Trinajstić information content (AvgIpc) is 2.64. The minimum Gasteiger partial charge on any atom is -0.497 e. The summed E-state index contributed by atoms with van der Waals surface area (Å²) in [6, 6.07) is 15.7. The van der Waals surface area contributed by atoms with Gasteiger partial charge in [-0.25, -0.2) is 0 Å². The van der Waals surface area contributed by atoms with Crippen LogP contribution in [0.3, 0.4) is 0 Å². The molecule has 118 valence electrons. The molecule has 1 aliphatic carbocycles. The highest BCUT2D eigenvalue weighted by atomic mass is 16.5. The Balaban J connectivity index is 2.03. The second-order valence-electron chi connectivity index (χ2n) is 5.69. The van der Waals surface area contributed by atoms with E-state index in [9.17, 15) is 4.79 Å². The molecule has 3 aromatic rings. The van der Waals surface area contributed by atoms with Gasteiger partial charge in [-0.1, -0.05) is 30.3 Å². The Hall–Kier alpha value is -3.07. The van der Waals surface area contributed by atoms with Crippen molar-refractivity contribution >= 4 is 22.6 Å². The molecule has 24 heavy (non-hydrogen) atoms. The van der Waals surface area contributed by atoms with E-state index in [2.05, 4.69) is 6.07 Å². The average molecular weight is 316 g/mol. The summed E-state index contributed by atoms with van der Waals surface area (Å²) >= 11 is 0. The molecule has 0 saturated heterocycles. The number of carbonyl (C=O) groups excluding carboxylic acids is 1. The number of allylic oxidation sites excluding steroid dienone is 1. The molecule has 0 unspecified atom stereocenters. The Morgan fingerprint density at radius 2 is 1.62 bits per heavy atom. The molecule has 3 nitrogen and oxygen atoms in total. The van der Waals surface area contributed by atoms with Crippen LogP contribution in [-0.4, -0.2) is 20.0 Å². The molecule has 0 fully saturated rings. The molecular formula is C21H16O3. The van der Waals surface area contributed by atoms with Crippen molar-refractivity contribution in [1.82, 2.24) is 0 Å².